The predicted octanol–water partition coefficient (Wildman–Crippen LogP) is 1.97. The molecule has 2 amide bonds. The third-order valence-electron chi connectivity index (χ3n) is 5.00. The second-order valence-electron chi connectivity index (χ2n) is 7.04. The number of aryl methyl sites for hydroxylation is 2. The number of rotatable bonds is 5. The lowest BCUT2D eigenvalue weighted by molar-refractivity contribution is 0.214. The Morgan fingerprint density at radius 2 is 1.73 bits per heavy atom. The number of sulfonamides is 1. The zero-order valence-corrected chi connectivity index (χ0v) is 18.4. The largest absolute Gasteiger partial charge is 0.497 e. The molecule has 1 saturated heterocycles. The number of carbonyl (C=O) groups is 1. The van der Waals surface area contributed by atoms with Crippen LogP contribution < -0.4 is 14.8 Å². The van der Waals surface area contributed by atoms with Crippen LogP contribution in [0.5, 0.6) is 11.5 Å². The van der Waals surface area contributed by atoms with E-state index in [-0.39, 0.29) is 24.0 Å². The lowest BCUT2D eigenvalue weighted by Crippen LogP contribution is -2.39. The number of ether oxygens (including phenoxy) is 2. The Labute approximate surface area is 176 Å². The number of aromatic amines is 1. The van der Waals surface area contributed by atoms with Crippen molar-refractivity contribution in [1.29, 1.82) is 0 Å². The van der Waals surface area contributed by atoms with E-state index in [4.69, 9.17) is 9.47 Å². The molecule has 1 fully saturated rings. The summed E-state index contributed by atoms with van der Waals surface area (Å²) in [5, 5.41) is 9.55. The van der Waals surface area contributed by atoms with Gasteiger partial charge in [-0.25, -0.2) is 13.2 Å². The highest BCUT2D eigenvalue weighted by molar-refractivity contribution is 7.89. The Bertz CT molecular complexity index is 979. The standard InChI is InChI=1S/C19H27N5O5S/c1-13-18(14(2)22-21-13)30(26,27)24-7-5-6-23(8-9-24)19(25)20-15-10-16(28-3)12-17(11-15)29-4/h10-12H,5-9H2,1-4H3,(H,20,25)(H,21,22). The van der Waals surface area contributed by atoms with Crippen molar-refractivity contribution in [2.75, 3.05) is 45.7 Å². The van der Waals surface area contributed by atoms with E-state index in [1.807, 2.05) is 0 Å². The van der Waals surface area contributed by atoms with Crippen molar-refractivity contribution in [3.05, 3.63) is 29.6 Å². The molecular weight excluding hydrogens is 410 g/mol. The van der Waals surface area contributed by atoms with E-state index in [1.54, 1.807) is 36.9 Å². The number of methoxy groups -OCH3 is 2. The van der Waals surface area contributed by atoms with Crippen molar-refractivity contribution in [3.8, 4) is 11.5 Å². The van der Waals surface area contributed by atoms with Crippen LogP contribution in [-0.4, -0.2) is 74.3 Å². The van der Waals surface area contributed by atoms with Crippen LogP contribution in [0.1, 0.15) is 17.8 Å². The van der Waals surface area contributed by atoms with Gasteiger partial charge in [0.15, 0.2) is 0 Å². The van der Waals surface area contributed by atoms with Gasteiger partial charge in [0.05, 0.1) is 25.6 Å². The van der Waals surface area contributed by atoms with Crippen molar-refractivity contribution in [3.63, 3.8) is 0 Å². The second kappa shape index (κ2) is 8.92. The van der Waals surface area contributed by atoms with E-state index in [0.29, 0.717) is 48.1 Å². The number of benzene rings is 1. The van der Waals surface area contributed by atoms with E-state index >= 15 is 0 Å². The highest BCUT2D eigenvalue weighted by Gasteiger charge is 2.31. The fourth-order valence-corrected chi connectivity index (χ4v) is 5.27. The maximum Gasteiger partial charge on any atom is 0.321 e. The molecule has 0 radical (unpaired) electrons. The summed E-state index contributed by atoms with van der Waals surface area (Å²) in [5.41, 5.74) is 1.49. The summed E-state index contributed by atoms with van der Waals surface area (Å²) in [5.74, 6) is 1.12. The van der Waals surface area contributed by atoms with E-state index in [9.17, 15) is 13.2 Å². The van der Waals surface area contributed by atoms with Crippen LogP contribution in [0.4, 0.5) is 10.5 Å². The SMILES string of the molecule is COc1cc(NC(=O)N2CCCN(S(=O)(=O)c3c(C)n[nH]c3C)CC2)cc(OC)c1. The van der Waals surface area contributed by atoms with Crippen molar-refractivity contribution in [1.82, 2.24) is 19.4 Å². The molecule has 2 aromatic rings. The first kappa shape index (κ1) is 21.9. The molecule has 11 heteroatoms. The van der Waals surface area contributed by atoms with Crippen LogP contribution in [0.15, 0.2) is 23.1 Å². The minimum atomic E-state index is -3.68. The Hall–Kier alpha value is -2.79. The number of H-pyrrole nitrogens is 1. The maximum absolute atomic E-state index is 13.1. The summed E-state index contributed by atoms with van der Waals surface area (Å²) in [6.45, 7) is 4.62. The van der Waals surface area contributed by atoms with Crippen LogP contribution >= 0.6 is 0 Å². The average Bonchev–Trinajstić information content (AvgIpc) is 2.92. The molecule has 30 heavy (non-hydrogen) atoms. The molecule has 10 nitrogen and oxygen atoms in total. The molecule has 0 atom stereocenters. The number of hydrogen-bond acceptors (Lipinski definition) is 6. The summed E-state index contributed by atoms with van der Waals surface area (Å²) in [7, 11) is -0.611. The molecule has 0 unspecified atom stereocenters. The van der Waals surface area contributed by atoms with Gasteiger partial charge in [0.2, 0.25) is 10.0 Å². The molecule has 2 N–H and O–H groups in total. The maximum atomic E-state index is 13.1. The zero-order chi connectivity index (χ0) is 21.9. The number of aromatic nitrogens is 2. The van der Waals surface area contributed by atoms with Gasteiger partial charge in [-0.1, -0.05) is 0 Å². The minimum absolute atomic E-state index is 0.210. The quantitative estimate of drug-likeness (QED) is 0.739. The molecule has 2 heterocycles. The van der Waals surface area contributed by atoms with Crippen LogP contribution in [0.3, 0.4) is 0 Å². The Kier molecular flexibility index (Phi) is 6.52. The van der Waals surface area contributed by atoms with Gasteiger partial charge in [-0.05, 0) is 20.3 Å². The van der Waals surface area contributed by atoms with E-state index in [1.165, 1.54) is 18.5 Å². The topological polar surface area (TPSA) is 117 Å². The average molecular weight is 438 g/mol. The number of urea groups is 1. The first-order chi connectivity index (χ1) is 14.3. The summed E-state index contributed by atoms with van der Waals surface area (Å²) >= 11 is 0. The Morgan fingerprint density at radius 1 is 1.07 bits per heavy atom. The Balaban J connectivity index is 1.70. The fourth-order valence-electron chi connectivity index (χ4n) is 3.47. The Morgan fingerprint density at radius 3 is 2.30 bits per heavy atom. The summed E-state index contributed by atoms with van der Waals surface area (Å²) in [6, 6.07) is 4.79. The number of amides is 2. The minimum Gasteiger partial charge on any atom is -0.497 e. The number of hydrogen-bond donors (Lipinski definition) is 2. The van der Waals surface area contributed by atoms with Gasteiger partial charge in [-0.2, -0.15) is 9.40 Å². The molecule has 3 rings (SSSR count). The van der Waals surface area contributed by atoms with Gasteiger partial charge < -0.3 is 19.7 Å². The molecule has 0 saturated carbocycles. The van der Waals surface area contributed by atoms with Gasteiger partial charge in [-0.15, -0.1) is 0 Å². The second-order valence-corrected chi connectivity index (χ2v) is 8.91. The first-order valence-electron chi connectivity index (χ1n) is 9.57. The molecule has 0 aliphatic carbocycles. The van der Waals surface area contributed by atoms with Crippen molar-refractivity contribution in [2.24, 2.45) is 0 Å². The van der Waals surface area contributed by atoms with E-state index in [0.717, 1.165) is 0 Å². The van der Waals surface area contributed by atoms with Crippen LogP contribution in [0.25, 0.3) is 0 Å². The normalized spacial score (nSPS) is 15.5. The monoisotopic (exact) mass is 437 g/mol. The molecular formula is C19H27N5O5S. The molecule has 0 spiro atoms. The molecule has 164 valence electrons. The molecule has 1 aliphatic rings. The van der Waals surface area contributed by atoms with E-state index in [2.05, 4.69) is 15.5 Å². The van der Waals surface area contributed by atoms with Crippen molar-refractivity contribution < 1.29 is 22.7 Å². The van der Waals surface area contributed by atoms with Crippen molar-refractivity contribution >= 4 is 21.7 Å². The number of anilines is 1. The number of nitrogens with one attached hydrogen (secondary N) is 2. The van der Waals surface area contributed by atoms with E-state index < -0.39 is 10.0 Å². The first-order valence-corrected chi connectivity index (χ1v) is 11.0. The van der Waals surface area contributed by atoms with Gasteiger partial charge in [0, 0.05) is 50.1 Å². The van der Waals surface area contributed by atoms with Gasteiger partial charge in [0.25, 0.3) is 0 Å². The van der Waals surface area contributed by atoms with Crippen LogP contribution in [-0.2, 0) is 10.0 Å². The zero-order valence-electron chi connectivity index (χ0n) is 17.6. The molecule has 1 aromatic heterocycles. The lowest BCUT2D eigenvalue weighted by Gasteiger charge is -2.22. The van der Waals surface area contributed by atoms with Gasteiger partial charge in [0.1, 0.15) is 16.4 Å². The number of carbonyl (C=O) groups excluding carboxylic acids is 1. The third kappa shape index (κ3) is 4.51. The summed E-state index contributed by atoms with van der Waals surface area (Å²) in [4.78, 5) is 14.6. The molecule has 0 bridgehead atoms. The summed E-state index contributed by atoms with van der Waals surface area (Å²) < 4.78 is 38.0. The molecule has 1 aliphatic heterocycles. The van der Waals surface area contributed by atoms with Crippen LogP contribution in [0, 0.1) is 13.8 Å². The lowest BCUT2D eigenvalue weighted by atomic mass is 10.2. The molecule has 1 aromatic carbocycles. The highest BCUT2D eigenvalue weighted by atomic mass is 32.2. The predicted molar refractivity (Wildman–Crippen MR) is 112 cm³/mol. The van der Waals surface area contributed by atoms with Crippen molar-refractivity contribution in [2.45, 2.75) is 25.2 Å². The van der Waals surface area contributed by atoms with Crippen LogP contribution in [0.2, 0.25) is 0 Å². The summed E-state index contributed by atoms with van der Waals surface area (Å²) in [6.07, 6.45) is 0.532. The fraction of sp³-hybridized carbons (Fsp3) is 0.474. The third-order valence-corrected chi connectivity index (χ3v) is 7.17. The number of nitrogens with zero attached hydrogens (tertiary/aromatic N) is 3. The smallest absolute Gasteiger partial charge is 0.321 e. The highest BCUT2D eigenvalue weighted by Crippen LogP contribution is 2.26. The van der Waals surface area contributed by atoms with Gasteiger partial charge >= 0.3 is 6.03 Å². The van der Waals surface area contributed by atoms with Gasteiger partial charge in [-0.3, -0.25) is 5.10 Å².